The van der Waals surface area contributed by atoms with Gasteiger partial charge in [-0.3, -0.25) is 14.5 Å². The van der Waals surface area contributed by atoms with Crippen molar-refractivity contribution in [2.24, 2.45) is 10.2 Å². The molecule has 0 aromatic heterocycles. The molecule has 1 aliphatic rings. The number of anilines is 2. The Hall–Kier alpha value is -4.11. The minimum Gasteiger partial charge on any atom is -0.508 e. The van der Waals surface area contributed by atoms with Crippen LogP contribution in [0.4, 0.5) is 11.4 Å². The van der Waals surface area contributed by atoms with Gasteiger partial charge in [0.1, 0.15) is 16.7 Å². The van der Waals surface area contributed by atoms with E-state index in [0.29, 0.717) is 16.9 Å². The van der Waals surface area contributed by atoms with Gasteiger partial charge >= 0.3 is 0 Å². The third-order valence-electron chi connectivity index (χ3n) is 4.75. The Labute approximate surface area is 194 Å². The first-order valence-electron chi connectivity index (χ1n) is 10.0. The average molecular weight is 461 g/mol. The van der Waals surface area contributed by atoms with Gasteiger partial charge in [0.25, 0.3) is 0 Å². The Balaban J connectivity index is 1.56. The van der Waals surface area contributed by atoms with Crippen molar-refractivity contribution in [2.75, 3.05) is 10.2 Å². The molecule has 0 bridgehead atoms. The largest absolute Gasteiger partial charge is 0.508 e. The maximum Gasteiger partial charge on any atom is 0.247 e. The number of hydrogen-bond acceptors (Lipinski definition) is 7. The Morgan fingerprint density at radius 2 is 1.70 bits per heavy atom. The Bertz CT molecular complexity index is 1210. The number of hydrogen-bond donors (Lipinski definition) is 3. The Morgan fingerprint density at radius 1 is 1.00 bits per heavy atom. The number of nitrogens with zero attached hydrogens (tertiary/aromatic N) is 3. The van der Waals surface area contributed by atoms with Gasteiger partial charge in [0.2, 0.25) is 11.8 Å². The van der Waals surface area contributed by atoms with Crippen LogP contribution in [0.2, 0.25) is 0 Å². The highest BCUT2D eigenvalue weighted by Crippen LogP contribution is 2.34. The van der Waals surface area contributed by atoms with Gasteiger partial charge in [-0.05, 0) is 48.5 Å². The first kappa shape index (κ1) is 22.1. The van der Waals surface area contributed by atoms with Crippen LogP contribution in [0.25, 0.3) is 0 Å². The fraction of sp³-hybridized carbons (Fsp3) is 0.0833. The molecule has 0 spiro atoms. The van der Waals surface area contributed by atoms with Gasteiger partial charge in [-0.15, -0.1) is 5.10 Å². The highest BCUT2D eigenvalue weighted by atomic mass is 32.2. The van der Waals surface area contributed by atoms with Crippen molar-refractivity contribution in [2.45, 2.75) is 11.7 Å². The number of phenolic OH excluding ortho intramolecular Hbond substituents is 2. The molecule has 1 fully saturated rings. The van der Waals surface area contributed by atoms with Gasteiger partial charge in [-0.25, -0.2) is 0 Å². The maximum absolute atomic E-state index is 13.2. The molecule has 1 atom stereocenters. The molecule has 1 unspecified atom stereocenters. The zero-order valence-corrected chi connectivity index (χ0v) is 18.1. The van der Waals surface area contributed by atoms with Crippen molar-refractivity contribution >= 4 is 46.3 Å². The van der Waals surface area contributed by atoms with Gasteiger partial charge in [0.15, 0.2) is 5.17 Å². The number of thioether (sulfide) groups is 1. The first-order valence-corrected chi connectivity index (χ1v) is 10.9. The van der Waals surface area contributed by atoms with Crippen LogP contribution in [0.1, 0.15) is 12.0 Å². The molecule has 1 saturated heterocycles. The smallest absolute Gasteiger partial charge is 0.247 e. The van der Waals surface area contributed by atoms with E-state index in [2.05, 4.69) is 15.5 Å². The number of rotatable bonds is 6. The maximum atomic E-state index is 13.2. The van der Waals surface area contributed by atoms with Crippen LogP contribution in [-0.4, -0.2) is 38.7 Å². The van der Waals surface area contributed by atoms with Crippen molar-refractivity contribution < 1.29 is 19.8 Å². The van der Waals surface area contributed by atoms with Crippen molar-refractivity contribution in [3.8, 4) is 11.5 Å². The third kappa shape index (κ3) is 5.39. The molecule has 0 radical (unpaired) electrons. The number of amidine groups is 1. The second kappa shape index (κ2) is 10.0. The van der Waals surface area contributed by atoms with Crippen LogP contribution in [-0.2, 0) is 9.59 Å². The van der Waals surface area contributed by atoms with Gasteiger partial charge < -0.3 is 15.5 Å². The molecule has 33 heavy (non-hydrogen) atoms. The van der Waals surface area contributed by atoms with E-state index in [-0.39, 0.29) is 34.9 Å². The molecule has 1 heterocycles. The molecule has 3 aromatic carbocycles. The topological polar surface area (TPSA) is 115 Å². The fourth-order valence-electron chi connectivity index (χ4n) is 3.14. The number of aromatic hydroxyl groups is 2. The summed E-state index contributed by atoms with van der Waals surface area (Å²) in [6.07, 6.45) is 1.34. The van der Waals surface area contributed by atoms with E-state index < -0.39 is 5.25 Å². The molecule has 2 amide bonds. The van der Waals surface area contributed by atoms with E-state index in [0.717, 1.165) is 11.8 Å². The lowest BCUT2D eigenvalue weighted by molar-refractivity contribution is -0.121. The van der Waals surface area contributed by atoms with E-state index in [1.54, 1.807) is 42.5 Å². The highest BCUT2D eigenvalue weighted by Gasteiger charge is 2.40. The second-order valence-corrected chi connectivity index (χ2v) is 8.27. The summed E-state index contributed by atoms with van der Waals surface area (Å²) < 4.78 is 0. The summed E-state index contributed by atoms with van der Waals surface area (Å²) in [6.45, 7) is 0. The lowest BCUT2D eigenvalue weighted by atomic mass is 10.2. The third-order valence-corrected chi connectivity index (χ3v) is 5.88. The van der Waals surface area contributed by atoms with Crippen molar-refractivity contribution in [1.82, 2.24) is 0 Å². The van der Waals surface area contributed by atoms with Crippen LogP contribution in [0.3, 0.4) is 0 Å². The van der Waals surface area contributed by atoms with Crippen LogP contribution in [0, 0.1) is 0 Å². The average Bonchev–Trinajstić information content (AvgIpc) is 3.11. The number of carbonyl (C=O) groups is 2. The predicted molar refractivity (Wildman–Crippen MR) is 130 cm³/mol. The predicted octanol–water partition coefficient (Wildman–Crippen LogP) is 3.97. The lowest BCUT2D eigenvalue weighted by Gasteiger charge is -2.15. The number of para-hydroxylation sites is 2. The van der Waals surface area contributed by atoms with E-state index in [1.807, 2.05) is 18.2 Å². The minimum atomic E-state index is -0.693. The molecular formula is C24H20N4O4S. The monoisotopic (exact) mass is 460 g/mol. The SMILES string of the molecule is O=C(CC1SC(=NN=Cc2ccccc2O)N(c2ccc(O)cc2)C1=O)Nc1ccccc1. The molecule has 4 rings (SSSR count). The van der Waals surface area contributed by atoms with Gasteiger partial charge in [-0.1, -0.05) is 42.1 Å². The van der Waals surface area contributed by atoms with E-state index in [9.17, 15) is 19.8 Å². The molecule has 3 N–H and O–H groups in total. The molecule has 0 saturated carbocycles. The summed E-state index contributed by atoms with van der Waals surface area (Å²) in [5.74, 6) is -0.488. The van der Waals surface area contributed by atoms with E-state index >= 15 is 0 Å². The summed E-state index contributed by atoms with van der Waals surface area (Å²) >= 11 is 1.13. The highest BCUT2D eigenvalue weighted by molar-refractivity contribution is 8.16. The first-order chi connectivity index (χ1) is 16.0. The summed E-state index contributed by atoms with van der Waals surface area (Å²) in [5, 5.41) is 30.1. The number of phenols is 2. The molecular weight excluding hydrogens is 440 g/mol. The van der Waals surface area contributed by atoms with E-state index in [1.165, 1.54) is 29.3 Å². The van der Waals surface area contributed by atoms with Crippen LogP contribution < -0.4 is 10.2 Å². The molecule has 0 aliphatic carbocycles. The molecule has 1 aliphatic heterocycles. The van der Waals surface area contributed by atoms with Gasteiger partial charge in [-0.2, -0.15) is 5.10 Å². The Kier molecular flexibility index (Phi) is 6.70. The second-order valence-electron chi connectivity index (χ2n) is 7.10. The zero-order chi connectivity index (χ0) is 23.2. The van der Waals surface area contributed by atoms with Crippen LogP contribution >= 0.6 is 11.8 Å². The number of amides is 2. The zero-order valence-electron chi connectivity index (χ0n) is 17.3. The molecule has 166 valence electrons. The van der Waals surface area contributed by atoms with Crippen molar-refractivity contribution in [3.63, 3.8) is 0 Å². The fourth-order valence-corrected chi connectivity index (χ4v) is 4.23. The number of carbonyl (C=O) groups excluding carboxylic acids is 2. The van der Waals surface area contributed by atoms with E-state index in [4.69, 9.17) is 0 Å². The molecule has 8 nitrogen and oxygen atoms in total. The van der Waals surface area contributed by atoms with Crippen molar-refractivity contribution in [1.29, 1.82) is 0 Å². The van der Waals surface area contributed by atoms with Gasteiger partial charge in [0, 0.05) is 17.7 Å². The molecule has 3 aromatic rings. The van der Waals surface area contributed by atoms with Crippen LogP contribution in [0.15, 0.2) is 89.1 Å². The quantitative estimate of drug-likeness (QED) is 0.380. The normalized spacial score (nSPS) is 17.1. The number of benzene rings is 3. The molecule has 9 heteroatoms. The Morgan fingerprint density at radius 3 is 2.42 bits per heavy atom. The summed E-state index contributed by atoms with van der Waals surface area (Å²) in [6, 6.07) is 21.8. The van der Waals surface area contributed by atoms with Gasteiger partial charge in [0.05, 0.1) is 11.9 Å². The number of nitrogens with one attached hydrogen (secondary N) is 1. The lowest BCUT2D eigenvalue weighted by Crippen LogP contribution is -2.33. The van der Waals surface area contributed by atoms with Crippen molar-refractivity contribution in [3.05, 3.63) is 84.4 Å². The van der Waals surface area contributed by atoms with Crippen LogP contribution in [0.5, 0.6) is 11.5 Å². The minimum absolute atomic E-state index is 0.0464. The summed E-state index contributed by atoms with van der Waals surface area (Å²) in [5.41, 5.74) is 1.62. The standard InChI is InChI=1S/C24H20N4O4S/c29-19-12-10-18(11-13-19)28-23(32)21(14-22(31)26-17-7-2-1-3-8-17)33-24(28)27-25-15-16-6-4-5-9-20(16)30/h1-13,15,21,29-30H,14H2,(H,26,31). The summed E-state index contributed by atoms with van der Waals surface area (Å²) in [4.78, 5) is 27.1. The summed E-state index contributed by atoms with van der Waals surface area (Å²) in [7, 11) is 0.